The van der Waals surface area contributed by atoms with Crippen LogP contribution in [0.3, 0.4) is 0 Å². The van der Waals surface area contributed by atoms with Gasteiger partial charge in [-0.25, -0.2) is 4.79 Å². The number of carbonyl (C=O) groups excluding carboxylic acids is 2. The summed E-state index contributed by atoms with van der Waals surface area (Å²) in [5, 5.41) is 2.81. The maximum Gasteiger partial charge on any atom is 0.409 e. The Bertz CT molecular complexity index is 557. The minimum absolute atomic E-state index is 0.0443. The lowest BCUT2D eigenvalue weighted by Gasteiger charge is -2.42. The number of methoxy groups -OCH3 is 1. The van der Waals surface area contributed by atoms with Gasteiger partial charge in [-0.15, -0.1) is 0 Å². The van der Waals surface area contributed by atoms with Gasteiger partial charge in [-0.05, 0) is 30.5 Å². The first-order valence-electron chi connectivity index (χ1n) is 7.01. The molecule has 1 aromatic carbocycles. The summed E-state index contributed by atoms with van der Waals surface area (Å²) in [5.74, 6) is 0.818. The van der Waals surface area contributed by atoms with Crippen LogP contribution in [0.4, 0.5) is 4.79 Å². The normalized spacial score (nSPS) is 24.9. The third-order valence-corrected chi connectivity index (χ3v) is 4.08. The van der Waals surface area contributed by atoms with Crippen molar-refractivity contribution in [2.75, 3.05) is 13.7 Å². The van der Waals surface area contributed by atoms with E-state index >= 15 is 0 Å². The molecular formula is C15H18N2O4. The number of benzene rings is 1. The molecule has 2 heterocycles. The summed E-state index contributed by atoms with van der Waals surface area (Å²) >= 11 is 0. The Morgan fingerprint density at radius 2 is 2.10 bits per heavy atom. The zero-order valence-corrected chi connectivity index (χ0v) is 11.9. The molecule has 21 heavy (non-hydrogen) atoms. The van der Waals surface area contributed by atoms with Gasteiger partial charge >= 0.3 is 6.09 Å². The summed E-state index contributed by atoms with van der Waals surface area (Å²) in [6.45, 7) is 0.667. The number of nitrogens with zero attached hydrogens (tertiary/aromatic N) is 1. The Balaban J connectivity index is 1.82. The quantitative estimate of drug-likeness (QED) is 0.919. The predicted molar refractivity (Wildman–Crippen MR) is 74.6 cm³/mol. The van der Waals surface area contributed by atoms with Crippen LogP contribution in [0.5, 0.6) is 5.75 Å². The van der Waals surface area contributed by atoms with Crippen molar-refractivity contribution >= 4 is 12.0 Å². The third-order valence-electron chi connectivity index (χ3n) is 4.08. The minimum atomic E-state index is -0.688. The van der Waals surface area contributed by atoms with E-state index in [1.165, 1.54) is 0 Å². The molecule has 0 saturated carbocycles. The van der Waals surface area contributed by atoms with E-state index in [0.717, 1.165) is 24.2 Å². The zero-order valence-electron chi connectivity index (χ0n) is 11.9. The second-order valence-corrected chi connectivity index (χ2v) is 5.41. The number of rotatable bonds is 3. The molecule has 2 aliphatic rings. The fraction of sp³-hybridized carbons (Fsp3) is 0.467. The number of nitrogens with one attached hydrogen (secondary N) is 1. The van der Waals surface area contributed by atoms with Crippen LogP contribution in [-0.4, -0.2) is 36.3 Å². The van der Waals surface area contributed by atoms with Crippen molar-refractivity contribution in [2.24, 2.45) is 0 Å². The van der Waals surface area contributed by atoms with E-state index < -0.39 is 11.8 Å². The summed E-state index contributed by atoms with van der Waals surface area (Å²) < 4.78 is 10.2. The second-order valence-electron chi connectivity index (χ2n) is 5.41. The molecule has 0 aliphatic carbocycles. The number of carbonyl (C=O) groups is 2. The van der Waals surface area contributed by atoms with Crippen LogP contribution in [0.15, 0.2) is 24.3 Å². The molecule has 2 amide bonds. The van der Waals surface area contributed by atoms with Gasteiger partial charge in [0.25, 0.3) is 0 Å². The largest absolute Gasteiger partial charge is 0.497 e. The molecule has 0 radical (unpaired) electrons. The lowest BCUT2D eigenvalue weighted by Crippen LogP contribution is -2.61. The fourth-order valence-corrected chi connectivity index (χ4v) is 2.92. The Morgan fingerprint density at radius 3 is 2.71 bits per heavy atom. The molecule has 1 unspecified atom stereocenters. The van der Waals surface area contributed by atoms with Gasteiger partial charge in [0.15, 0.2) is 5.66 Å². The zero-order chi connectivity index (χ0) is 14.9. The highest BCUT2D eigenvalue weighted by Gasteiger charge is 2.48. The van der Waals surface area contributed by atoms with Crippen LogP contribution >= 0.6 is 0 Å². The molecule has 1 atom stereocenters. The van der Waals surface area contributed by atoms with Crippen molar-refractivity contribution < 1.29 is 19.1 Å². The molecule has 1 aromatic rings. The summed E-state index contributed by atoms with van der Waals surface area (Å²) in [6.07, 6.45) is 1.54. The van der Waals surface area contributed by atoms with Gasteiger partial charge in [-0.1, -0.05) is 12.1 Å². The van der Waals surface area contributed by atoms with Gasteiger partial charge < -0.3 is 14.4 Å². The molecule has 0 bridgehead atoms. The Kier molecular flexibility index (Phi) is 3.45. The van der Waals surface area contributed by atoms with Crippen LogP contribution in [0, 0.1) is 0 Å². The number of cyclic esters (lactones) is 1. The van der Waals surface area contributed by atoms with Gasteiger partial charge in [0.05, 0.1) is 7.11 Å². The molecule has 2 fully saturated rings. The molecule has 6 heteroatoms. The van der Waals surface area contributed by atoms with Gasteiger partial charge in [0.1, 0.15) is 12.4 Å². The fourth-order valence-electron chi connectivity index (χ4n) is 2.92. The summed E-state index contributed by atoms with van der Waals surface area (Å²) in [7, 11) is 1.61. The summed E-state index contributed by atoms with van der Waals surface area (Å²) in [6, 6.07) is 7.57. The number of alkyl carbamates (subject to hydrolysis) is 1. The molecule has 6 nitrogen and oxygen atoms in total. The first-order valence-corrected chi connectivity index (χ1v) is 7.01. The highest BCUT2D eigenvalue weighted by Crippen LogP contribution is 2.32. The molecule has 2 aliphatic heterocycles. The van der Waals surface area contributed by atoms with Crippen LogP contribution in [0.25, 0.3) is 0 Å². The van der Waals surface area contributed by atoms with Crippen molar-refractivity contribution in [3.05, 3.63) is 29.8 Å². The molecule has 1 spiro atoms. The standard InChI is InChI=1S/C15H18N2O4/c1-20-12-6-4-11(5-7-12)9-17-13(18)3-2-8-15(17)10-21-14(19)16-15/h4-7H,2-3,8-10H2,1H3,(H,16,19). The van der Waals surface area contributed by atoms with E-state index in [4.69, 9.17) is 9.47 Å². The Morgan fingerprint density at radius 1 is 1.33 bits per heavy atom. The van der Waals surface area contributed by atoms with Gasteiger partial charge in [-0.3, -0.25) is 10.1 Å². The monoisotopic (exact) mass is 290 g/mol. The van der Waals surface area contributed by atoms with E-state index in [0.29, 0.717) is 13.0 Å². The van der Waals surface area contributed by atoms with Crippen molar-refractivity contribution in [1.82, 2.24) is 10.2 Å². The van der Waals surface area contributed by atoms with E-state index in [1.807, 2.05) is 24.3 Å². The number of ether oxygens (including phenoxy) is 2. The van der Waals surface area contributed by atoms with Crippen LogP contribution in [0.1, 0.15) is 24.8 Å². The number of amides is 2. The van der Waals surface area contributed by atoms with Crippen LogP contribution < -0.4 is 10.1 Å². The molecule has 1 N–H and O–H groups in total. The Hall–Kier alpha value is -2.24. The number of piperidine rings is 1. The van der Waals surface area contributed by atoms with Crippen LogP contribution in [-0.2, 0) is 16.1 Å². The minimum Gasteiger partial charge on any atom is -0.497 e. The molecule has 112 valence electrons. The maximum absolute atomic E-state index is 12.3. The van der Waals surface area contributed by atoms with Crippen molar-refractivity contribution in [3.8, 4) is 5.75 Å². The van der Waals surface area contributed by atoms with E-state index in [9.17, 15) is 9.59 Å². The van der Waals surface area contributed by atoms with E-state index in [-0.39, 0.29) is 12.5 Å². The van der Waals surface area contributed by atoms with E-state index in [1.54, 1.807) is 12.0 Å². The van der Waals surface area contributed by atoms with Crippen molar-refractivity contribution in [1.29, 1.82) is 0 Å². The third kappa shape index (κ3) is 2.53. The summed E-state index contributed by atoms with van der Waals surface area (Å²) in [4.78, 5) is 25.4. The van der Waals surface area contributed by atoms with Gasteiger partial charge in [-0.2, -0.15) is 0 Å². The smallest absolute Gasteiger partial charge is 0.409 e. The molecule has 0 aromatic heterocycles. The van der Waals surface area contributed by atoms with Gasteiger partial charge in [0.2, 0.25) is 5.91 Å². The number of likely N-dealkylation sites (tertiary alicyclic amines) is 1. The topological polar surface area (TPSA) is 67.9 Å². The lowest BCUT2D eigenvalue weighted by molar-refractivity contribution is -0.144. The molecule has 2 saturated heterocycles. The first kappa shape index (κ1) is 13.7. The van der Waals surface area contributed by atoms with E-state index in [2.05, 4.69) is 5.32 Å². The van der Waals surface area contributed by atoms with Crippen LogP contribution in [0.2, 0.25) is 0 Å². The highest BCUT2D eigenvalue weighted by atomic mass is 16.6. The van der Waals surface area contributed by atoms with Crippen molar-refractivity contribution in [2.45, 2.75) is 31.5 Å². The second kappa shape index (κ2) is 5.27. The maximum atomic E-state index is 12.3. The number of hydrogen-bond donors (Lipinski definition) is 1. The molecule has 3 rings (SSSR count). The van der Waals surface area contributed by atoms with Gasteiger partial charge in [0, 0.05) is 13.0 Å². The highest BCUT2D eigenvalue weighted by molar-refractivity contribution is 5.80. The van der Waals surface area contributed by atoms with Crippen molar-refractivity contribution in [3.63, 3.8) is 0 Å². The summed E-state index contributed by atoms with van der Waals surface area (Å²) in [5.41, 5.74) is 0.304. The first-order chi connectivity index (χ1) is 10.1. The number of hydrogen-bond acceptors (Lipinski definition) is 4. The Labute approximate surface area is 123 Å². The molecular weight excluding hydrogens is 272 g/mol. The lowest BCUT2D eigenvalue weighted by atomic mass is 9.95. The average molecular weight is 290 g/mol. The SMILES string of the molecule is COc1ccc(CN2C(=O)CCCC23COC(=O)N3)cc1. The average Bonchev–Trinajstić information content (AvgIpc) is 2.86. The predicted octanol–water partition coefficient (Wildman–Crippen LogP) is 1.64.